The first-order valence-corrected chi connectivity index (χ1v) is 9.33. The fourth-order valence-electron chi connectivity index (χ4n) is 2.58. The molecule has 2 N–H and O–H groups in total. The number of anilines is 1. The largest absolute Gasteiger partial charge is 0.349 e. The SMILES string of the molecule is Cc1ccc(C(=O)NC2CC2)cc1NC(=O)CCc1ccc(Cl)cc1Cl. The number of nitrogens with one attached hydrogen (secondary N) is 2. The van der Waals surface area contributed by atoms with E-state index in [2.05, 4.69) is 10.6 Å². The van der Waals surface area contributed by atoms with Gasteiger partial charge in [-0.1, -0.05) is 35.3 Å². The van der Waals surface area contributed by atoms with Crippen LogP contribution in [0.15, 0.2) is 36.4 Å². The van der Waals surface area contributed by atoms with Crippen LogP contribution in [0.3, 0.4) is 0 Å². The summed E-state index contributed by atoms with van der Waals surface area (Å²) in [5.74, 6) is -0.227. The Balaban J connectivity index is 1.61. The van der Waals surface area contributed by atoms with E-state index in [0.717, 1.165) is 24.0 Å². The summed E-state index contributed by atoms with van der Waals surface area (Å²) in [5.41, 5.74) is 2.99. The molecule has 2 amide bonds. The smallest absolute Gasteiger partial charge is 0.251 e. The van der Waals surface area contributed by atoms with Gasteiger partial charge in [0.25, 0.3) is 5.91 Å². The van der Waals surface area contributed by atoms with E-state index >= 15 is 0 Å². The van der Waals surface area contributed by atoms with E-state index in [9.17, 15) is 9.59 Å². The second-order valence-electron chi connectivity index (χ2n) is 6.56. The van der Waals surface area contributed by atoms with Crippen molar-refractivity contribution in [3.63, 3.8) is 0 Å². The molecule has 1 aliphatic carbocycles. The van der Waals surface area contributed by atoms with E-state index < -0.39 is 0 Å². The number of benzene rings is 2. The molecule has 0 radical (unpaired) electrons. The van der Waals surface area contributed by atoms with Gasteiger partial charge in [0, 0.05) is 33.8 Å². The zero-order valence-corrected chi connectivity index (χ0v) is 16.0. The average molecular weight is 391 g/mol. The summed E-state index contributed by atoms with van der Waals surface area (Å²) in [5, 5.41) is 6.96. The van der Waals surface area contributed by atoms with Crippen molar-refractivity contribution in [3.8, 4) is 0 Å². The summed E-state index contributed by atoms with van der Waals surface area (Å²) in [7, 11) is 0. The van der Waals surface area contributed by atoms with Crippen molar-refractivity contribution in [2.75, 3.05) is 5.32 Å². The molecule has 1 aliphatic rings. The summed E-state index contributed by atoms with van der Waals surface area (Å²) in [6.45, 7) is 1.90. The number of halogens is 2. The molecule has 1 fully saturated rings. The summed E-state index contributed by atoms with van der Waals surface area (Å²) in [6, 6.07) is 10.9. The van der Waals surface area contributed by atoms with Gasteiger partial charge in [-0.3, -0.25) is 9.59 Å². The number of hydrogen-bond acceptors (Lipinski definition) is 2. The van der Waals surface area contributed by atoms with Gasteiger partial charge in [-0.15, -0.1) is 0 Å². The second-order valence-corrected chi connectivity index (χ2v) is 7.40. The maximum atomic E-state index is 12.3. The molecule has 2 aromatic carbocycles. The normalized spacial score (nSPS) is 13.3. The van der Waals surface area contributed by atoms with Crippen LogP contribution in [0.4, 0.5) is 5.69 Å². The van der Waals surface area contributed by atoms with E-state index in [1.54, 1.807) is 24.3 Å². The molecule has 0 bridgehead atoms. The van der Waals surface area contributed by atoms with Gasteiger partial charge in [-0.25, -0.2) is 0 Å². The number of aryl methyl sites for hydroxylation is 2. The molecular formula is C20H20Cl2N2O2. The Morgan fingerprint density at radius 3 is 2.58 bits per heavy atom. The minimum absolute atomic E-state index is 0.101. The molecule has 26 heavy (non-hydrogen) atoms. The van der Waals surface area contributed by atoms with Gasteiger partial charge in [0.05, 0.1) is 0 Å². The standard InChI is InChI=1S/C20H20Cl2N2O2/c1-12-2-3-14(20(26)23-16-7-8-16)10-18(12)24-19(25)9-5-13-4-6-15(21)11-17(13)22/h2-4,6,10-11,16H,5,7-9H2,1H3,(H,23,26)(H,24,25). The van der Waals surface area contributed by atoms with Crippen LogP contribution in [0.5, 0.6) is 0 Å². The lowest BCUT2D eigenvalue weighted by Crippen LogP contribution is -2.25. The van der Waals surface area contributed by atoms with Crippen molar-refractivity contribution >= 4 is 40.7 Å². The predicted octanol–water partition coefficient (Wildman–Crippen LogP) is 4.77. The Morgan fingerprint density at radius 2 is 1.88 bits per heavy atom. The number of carbonyl (C=O) groups is 2. The molecule has 1 saturated carbocycles. The van der Waals surface area contributed by atoms with Crippen LogP contribution in [0.2, 0.25) is 10.0 Å². The Morgan fingerprint density at radius 1 is 1.12 bits per heavy atom. The van der Waals surface area contributed by atoms with Crippen LogP contribution >= 0.6 is 23.2 Å². The Labute approximate surface area is 162 Å². The molecule has 0 spiro atoms. The molecule has 4 nitrogen and oxygen atoms in total. The van der Waals surface area contributed by atoms with Crippen molar-refractivity contribution in [2.24, 2.45) is 0 Å². The molecule has 0 heterocycles. The fourth-order valence-corrected chi connectivity index (χ4v) is 3.08. The molecule has 136 valence electrons. The highest BCUT2D eigenvalue weighted by atomic mass is 35.5. The van der Waals surface area contributed by atoms with E-state index in [1.807, 2.05) is 19.1 Å². The third kappa shape index (κ3) is 4.99. The number of hydrogen-bond donors (Lipinski definition) is 2. The molecule has 2 aromatic rings. The second kappa shape index (κ2) is 8.11. The zero-order chi connectivity index (χ0) is 18.7. The minimum Gasteiger partial charge on any atom is -0.349 e. The highest BCUT2D eigenvalue weighted by Crippen LogP contribution is 2.23. The number of carbonyl (C=O) groups excluding carboxylic acids is 2. The summed E-state index contributed by atoms with van der Waals surface area (Å²) >= 11 is 12.0. The van der Waals surface area contributed by atoms with Gasteiger partial charge in [0.2, 0.25) is 5.91 Å². The van der Waals surface area contributed by atoms with E-state index in [-0.39, 0.29) is 11.8 Å². The Kier molecular flexibility index (Phi) is 5.84. The van der Waals surface area contributed by atoms with Crippen molar-refractivity contribution in [2.45, 2.75) is 38.6 Å². The van der Waals surface area contributed by atoms with E-state index in [4.69, 9.17) is 23.2 Å². The van der Waals surface area contributed by atoms with Crippen molar-refractivity contribution in [3.05, 3.63) is 63.1 Å². The van der Waals surface area contributed by atoms with Crippen LogP contribution in [0.25, 0.3) is 0 Å². The topological polar surface area (TPSA) is 58.2 Å². The van der Waals surface area contributed by atoms with Gasteiger partial charge < -0.3 is 10.6 Å². The Bertz CT molecular complexity index is 848. The minimum atomic E-state index is -0.126. The lowest BCUT2D eigenvalue weighted by molar-refractivity contribution is -0.116. The van der Waals surface area contributed by atoms with Crippen LogP contribution in [-0.4, -0.2) is 17.9 Å². The highest BCUT2D eigenvalue weighted by Gasteiger charge is 2.24. The van der Waals surface area contributed by atoms with Crippen LogP contribution in [0.1, 0.15) is 40.7 Å². The molecule has 3 rings (SSSR count). The van der Waals surface area contributed by atoms with Crippen molar-refractivity contribution < 1.29 is 9.59 Å². The van der Waals surface area contributed by atoms with E-state index in [1.165, 1.54) is 0 Å². The number of amides is 2. The maximum Gasteiger partial charge on any atom is 0.251 e. The third-order valence-electron chi connectivity index (χ3n) is 4.32. The molecule has 0 unspecified atom stereocenters. The zero-order valence-electron chi connectivity index (χ0n) is 14.4. The molecule has 0 atom stereocenters. The quantitative estimate of drug-likeness (QED) is 0.746. The predicted molar refractivity (Wildman–Crippen MR) is 105 cm³/mol. The highest BCUT2D eigenvalue weighted by molar-refractivity contribution is 6.35. The first-order chi connectivity index (χ1) is 12.4. The molecule has 6 heteroatoms. The molecule has 0 aliphatic heterocycles. The summed E-state index contributed by atoms with van der Waals surface area (Å²) in [6.07, 6.45) is 2.88. The first-order valence-electron chi connectivity index (χ1n) is 8.57. The van der Waals surface area contributed by atoms with Crippen molar-refractivity contribution in [1.82, 2.24) is 5.32 Å². The average Bonchev–Trinajstić information content (AvgIpc) is 3.40. The Hall–Kier alpha value is -2.04. The maximum absolute atomic E-state index is 12.3. The lowest BCUT2D eigenvalue weighted by Gasteiger charge is -2.11. The van der Waals surface area contributed by atoms with Gasteiger partial charge in [-0.05, 0) is 61.6 Å². The van der Waals surface area contributed by atoms with Crippen LogP contribution in [0, 0.1) is 6.92 Å². The van der Waals surface area contributed by atoms with Crippen LogP contribution < -0.4 is 10.6 Å². The van der Waals surface area contributed by atoms with Gasteiger partial charge in [0.1, 0.15) is 0 Å². The fraction of sp³-hybridized carbons (Fsp3) is 0.300. The molecule has 0 saturated heterocycles. The van der Waals surface area contributed by atoms with Crippen LogP contribution in [-0.2, 0) is 11.2 Å². The lowest BCUT2D eigenvalue weighted by atomic mass is 10.1. The summed E-state index contributed by atoms with van der Waals surface area (Å²) in [4.78, 5) is 24.5. The van der Waals surface area contributed by atoms with Gasteiger partial charge >= 0.3 is 0 Å². The monoisotopic (exact) mass is 390 g/mol. The third-order valence-corrected chi connectivity index (χ3v) is 4.91. The van der Waals surface area contributed by atoms with Crippen molar-refractivity contribution in [1.29, 1.82) is 0 Å². The molecule has 0 aromatic heterocycles. The van der Waals surface area contributed by atoms with E-state index in [0.29, 0.717) is 40.2 Å². The summed E-state index contributed by atoms with van der Waals surface area (Å²) < 4.78 is 0. The first kappa shape index (κ1) is 18.7. The molecular weight excluding hydrogens is 371 g/mol. The van der Waals surface area contributed by atoms with Gasteiger partial charge in [-0.2, -0.15) is 0 Å². The van der Waals surface area contributed by atoms with Gasteiger partial charge in [0.15, 0.2) is 0 Å². The number of rotatable bonds is 6.